The van der Waals surface area contributed by atoms with Gasteiger partial charge in [0.25, 0.3) is 5.91 Å². The molecule has 0 radical (unpaired) electrons. The normalized spacial score (nSPS) is 17.1. The van der Waals surface area contributed by atoms with Crippen LogP contribution in [0.5, 0.6) is 5.75 Å². The first-order valence-electron chi connectivity index (χ1n) is 7.60. The molecule has 1 saturated heterocycles. The summed E-state index contributed by atoms with van der Waals surface area (Å²) in [5.41, 5.74) is 1.65. The zero-order chi connectivity index (χ0) is 16.5. The summed E-state index contributed by atoms with van der Waals surface area (Å²) in [6, 6.07) is 5.63. The summed E-state index contributed by atoms with van der Waals surface area (Å²) in [6.45, 7) is 10.3. The van der Waals surface area contributed by atoms with Gasteiger partial charge >= 0.3 is 6.03 Å². The highest BCUT2D eigenvalue weighted by Crippen LogP contribution is 2.23. The summed E-state index contributed by atoms with van der Waals surface area (Å²) in [7, 11) is 0. The minimum absolute atomic E-state index is 0.215. The number of carbonyl (C=O) groups is 2. The zero-order valence-electron chi connectivity index (χ0n) is 13.9. The van der Waals surface area contributed by atoms with Crippen molar-refractivity contribution >= 4 is 11.9 Å². The topological polar surface area (TPSA) is 58.6 Å². The molecule has 0 spiro atoms. The number of rotatable bonds is 5. The van der Waals surface area contributed by atoms with Crippen LogP contribution in [-0.2, 0) is 4.79 Å². The Labute approximate surface area is 131 Å². The third-order valence-electron chi connectivity index (χ3n) is 3.89. The second-order valence-electron chi connectivity index (χ2n) is 6.53. The number of urea groups is 1. The van der Waals surface area contributed by atoms with Crippen molar-refractivity contribution in [3.63, 3.8) is 0 Å². The fraction of sp³-hybridized carbons (Fsp3) is 0.529. The highest BCUT2D eigenvalue weighted by Gasteiger charge is 2.43. The number of hydrogen-bond donors (Lipinski definition) is 1. The van der Waals surface area contributed by atoms with Crippen LogP contribution >= 0.6 is 0 Å². The monoisotopic (exact) mass is 304 g/mol. The quantitative estimate of drug-likeness (QED) is 0.851. The Balaban J connectivity index is 1.93. The molecule has 22 heavy (non-hydrogen) atoms. The molecule has 0 aromatic heterocycles. The van der Waals surface area contributed by atoms with Crippen molar-refractivity contribution in [1.29, 1.82) is 0 Å². The van der Waals surface area contributed by atoms with Gasteiger partial charge in [0, 0.05) is 0 Å². The van der Waals surface area contributed by atoms with Crippen molar-refractivity contribution in [2.75, 3.05) is 13.2 Å². The minimum atomic E-state index is -0.827. The van der Waals surface area contributed by atoms with Gasteiger partial charge in [0.2, 0.25) is 0 Å². The largest absolute Gasteiger partial charge is 0.492 e. The molecular formula is C17H24N2O3. The van der Waals surface area contributed by atoms with Crippen molar-refractivity contribution in [3.05, 3.63) is 29.3 Å². The van der Waals surface area contributed by atoms with Crippen LogP contribution in [0.25, 0.3) is 0 Å². The Morgan fingerprint density at radius 1 is 1.27 bits per heavy atom. The van der Waals surface area contributed by atoms with Gasteiger partial charge in [-0.05, 0) is 49.9 Å². The Morgan fingerprint density at radius 2 is 1.95 bits per heavy atom. The van der Waals surface area contributed by atoms with E-state index in [9.17, 15) is 9.59 Å². The molecule has 1 heterocycles. The first-order chi connectivity index (χ1) is 10.2. The lowest BCUT2D eigenvalue weighted by Gasteiger charge is -2.17. The van der Waals surface area contributed by atoms with E-state index in [4.69, 9.17) is 4.74 Å². The second-order valence-corrected chi connectivity index (χ2v) is 6.53. The summed E-state index contributed by atoms with van der Waals surface area (Å²) >= 11 is 0. The lowest BCUT2D eigenvalue weighted by atomic mass is 9.98. The lowest BCUT2D eigenvalue weighted by molar-refractivity contribution is -0.130. The highest BCUT2D eigenvalue weighted by atomic mass is 16.5. The molecule has 1 aliphatic heterocycles. The van der Waals surface area contributed by atoms with E-state index >= 15 is 0 Å². The number of amides is 3. The standard InChI is InChI=1S/C17H24N2O3/c1-11(2)14-7-6-13(10-12(14)3)22-9-8-19-15(20)17(4,5)18-16(19)21/h6-7,10-11H,8-9H2,1-5H3,(H,18,21). The maximum atomic E-state index is 12.0. The first-order valence-corrected chi connectivity index (χ1v) is 7.60. The molecule has 120 valence electrons. The van der Waals surface area contributed by atoms with Gasteiger partial charge in [0.1, 0.15) is 17.9 Å². The molecular weight excluding hydrogens is 280 g/mol. The smallest absolute Gasteiger partial charge is 0.325 e. The molecule has 1 aliphatic rings. The molecule has 0 unspecified atom stereocenters. The molecule has 3 amide bonds. The number of ether oxygens (including phenoxy) is 1. The predicted molar refractivity (Wildman–Crippen MR) is 85.1 cm³/mol. The van der Waals surface area contributed by atoms with E-state index < -0.39 is 5.54 Å². The summed E-state index contributed by atoms with van der Waals surface area (Å²) in [6.07, 6.45) is 0. The maximum absolute atomic E-state index is 12.0. The fourth-order valence-electron chi connectivity index (χ4n) is 2.66. The average molecular weight is 304 g/mol. The summed E-state index contributed by atoms with van der Waals surface area (Å²) < 4.78 is 5.67. The SMILES string of the molecule is Cc1cc(OCCN2C(=O)NC(C)(C)C2=O)ccc1C(C)C. The van der Waals surface area contributed by atoms with Gasteiger partial charge in [0.05, 0.1) is 6.54 Å². The summed E-state index contributed by atoms with van der Waals surface area (Å²) in [5, 5.41) is 2.65. The van der Waals surface area contributed by atoms with E-state index in [0.29, 0.717) is 5.92 Å². The van der Waals surface area contributed by atoms with Crippen molar-refractivity contribution in [2.24, 2.45) is 0 Å². The molecule has 0 bridgehead atoms. The Bertz CT molecular complexity index is 594. The van der Waals surface area contributed by atoms with Crippen molar-refractivity contribution < 1.29 is 14.3 Å². The fourth-order valence-corrected chi connectivity index (χ4v) is 2.66. The number of hydrogen-bond acceptors (Lipinski definition) is 3. The van der Waals surface area contributed by atoms with Gasteiger partial charge in [0.15, 0.2) is 0 Å². The van der Waals surface area contributed by atoms with Crippen LogP contribution in [0.15, 0.2) is 18.2 Å². The molecule has 0 aliphatic carbocycles. The summed E-state index contributed by atoms with van der Waals surface area (Å²) in [4.78, 5) is 25.0. The van der Waals surface area contributed by atoms with Crippen LogP contribution < -0.4 is 10.1 Å². The number of carbonyl (C=O) groups excluding carboxylic acids is 2. The number of nitrogens with one attached hydrogen (secondary N) is 1. The highest BCUT2D eigenvalue weighted by molar-refractivity contribution is 6.06. The number of aryl methyl sites for hydroxylation is 1. The molecule has 1 aromatic rings. The van der Waals surface area contributed by atoms with E-state index in [1.807, 2.05) is 12.1 Å². The molecule has 1 N–H and O–H groups in total. The van der Waals surface area contributed by atoms with E-state index in [-0.39, 0.29) is 25.1 Å². The zero-order valence-corrected chi connectivity index (χ0v) is 13.9. The number of nitrogens with zero attached hydrogens (tertiary/aromatic N) is 1. The van der Waals surface area contributed by atoms with Gasteiger partial charge in [-0.2, -0.15) is 0 Å². The predicted octanol–water partition coefficient (Wildman–Crippen LogP) is 2.83. The van der Waals surface area contributed by atoms with Gasteiger partial charge < -0.3 is 10.1 Å². The average Bonchev–Trinajstić information content (AvgIpc) is 2.60. The van der Waals surface area contributed by atoms with Crippen LogP contribution in [0.3, 0.4) is 0 Å². The van der Waals surface area contributed by atoms with Gasteiger partial charge in [-0.25, -0.2) is 4.79 Å². The first kappa shape index (κ1) is 16.3. The molecule has 0 atom stereocenters. The molecule has 1 fully saturated rings. The summed E-state index contributed by atoms with van der Waals surface area (Å²) in [5.74, 6) is 1.02. The molecule has 5 heteroatoms. The van der Waals surface area contributed by atoms with Crippen LogP contribution in [-0.4, -0.2) is 35.5 Å². The van der Waals surface area contributed by atoms with Gasteiger partial charge in [-0.1, -0.05) is 19.9 Å². The van der Waals surface area contributed by atoms with Crippen molar-refractivity contribution in [2.45, 2.75) is 46.1 Å². The Kier molecular flexibility index (Phi) is 4.44. The van der Waals surface area contributed by atoms with Crippen LogP contribution in [0.4, 0.5) is 4.79 Å². The van der Waals surface area contributed by atoms with Gasteiger partial charge in [-0.15, -0.1) is 0 Å². The van der Waals surface area contributed by atoms with E-state index in [0.717, 1.165) is 5.75 Å². The Morgan fingerprint density at radius 3 is 2.45 bits per heavy atom. The molecule has 1 aromatic carbocycles. The molecule has 5 nitrogen and oxygen atoms in total. The Hall–Kier alpha value is -2.04. The third-order valence-corrected chi connectivity index (χ3v) is 3.89. The molecule has 2 rings (SSSR count). The minimum Gasteiger partial charge on any atom is -0.492 e. The number of imide groups is 1. The van der Waals surface area contributed by atoms with E-state index in [1.165, 1.54) is 16.0 Å². The van der Waals surface area contributed by atoms with E-state index in [2.05, 4.69) is 32.2 Å². The second kappa shape index (κ2) is 5.99. The maximum Gasteiger partial charge on any atom is 0.325 e. The lowest BCUT2D eigenvalue weighted by Crippen LogP contribution is -2.40. The van der Waals surface area contributed by atoms with Crippen LogP contribution in [0, 0.1) is 6.92 Å². The number of benzene rings is 1. The van der Waals surface area contributed by atoms with Crippen LogP contribution in [0.2, 0.25) is 0 Å². The van der Waals surface area contributed by atoms with Crippen molar-refractivity contribution in [3.8, 4) is 5.75 Å². The van der Waals surface area contributed by atoms with Crippen molar-refractivity contribution in [1.82, 2.24) is 10.2 Å². The van der Waals surface area contributed by atoms with Gasteiger partial charge in [-0.3, -0.25) is 9.69 Å². The van der Waals surface area contributed by atoms with E-state index in [1.54, 1.807) is 13.8 Å². The molecule has 0 saturated carbocycles. The van der Waals surface area contributed by atoms with Crippen LogP contribution in [0.1, 0.15) is 44.7 Å². The third kappa shape index (κ3) is 3.24.